The number of rotatable bonds is 17. The number of alkyl halides is 4. The molecule has 6 rings (SSSR count). The summed E-state index contributed by atoms with van der Waals surface area (Å²) in [6.45, 7) is -1.64. The van der Waals surface area contributed by atoms with E-state index in [2.05, 4.69) is 31.2 Å². The summed E-state index contributed by atoms with van der Waals surface area (Å²) in [6, 6.07) is 18.3. The van der Waals surface area contributed by atoms with Crippen molar-refractivity contribution in [1.82, 2.24) is 29.7 Å². The summed E-state index contributed by atoms with van der Waals surface area (Å²) in [5.41, 5.74) is -1.56. The second-order valence-corrected chi connectivity index (χ2v) is 15.1. The van der Waals surface area contributed by atoms with E-state index in [1.807, 2.05) is 6.07 Å². The van der Waals surface area contributed by atoms with Crippen LogP contribution in [0.15, 0.2) is 107 Å². The Balaban J connectivity index is 0.000000255. The van der Waals surface area contributed by atoms with E-state index >= 15 is 0 Å². The summed E-state index contributed by atoms with van der Waals surface area (Å²) in [4.78, 5) is 57.5. The molecule has 68 heavy (non-hydrogen) atoms. The van der Waals surface area contributed by atoms with Crippen LogP contribution in [0.1, 0.15) is 33.6 Å². The van der Waals surface area contributed by atoms with Crippen LogP contribution in [-0.2, 0) is 47.6 Å². The molecule has 0 saturated carbocycles. The summed E-state index contributed by atoms with van der Waals surface area (Å²) >= 11 is 12.0. The van der Waals surface area contributed by atoms with Crippen molar-refractivity contribution in [3.05, 3.63) is 178 Å². The Morgan fingerprint density at radius 2 is 1.25 bits per heavy atom. The van der Waals surface area contributed by atoms with Crippen LogP contribution >= 0.6 is 23.2 Å². The van der Waals surface area contributed by atoms with E-state index in [1.54, 1.807) is 37.3 Å². The van der Waals surface area contributed by atoms with Gasteiger partial charge in [-0.3, -0.25) is 28.3 Å². The molecule has 0 saturated heterocycles. The van der Waals surface area contributed by atoms with Gasteiger partial charge in [-0.25, -0.2) is 14.4 Å². The highest BCUT2D eigenvalue weighted by Gasteiger charge is 2.40. The molecular weight excluding hydrogens is 948 g/mol. The zero-order chi connectivity index (χ0) is 49.8. The van der Waals surface area contributed by atoms with E-state index in [1.165, 1.54) is 37.4 Å². The number of pyridine rings is 2. The lowest BCUT2D eigenvalue weighted by molar-refractivity contribution is -0.624. The maximum atomic E-state index is 14.5. The first-order valence-corrected chi connectivity index (χ1v) is 20.5. The number of aryl methyl sites for hydroxylation is 1. The fourth-order valence-electron chi connectivity index (χ4n) is 6.04. The van der Waals surface area contributed by atoms with E-state index in [4.69, 9.17) is 27.9 Å². The normalized spacial score (nSPS) is 11.1. The van der Waals surface area contributed by atoms with Crippen LogP contribution < -0.4 is 46.6 Å². The minimum Gasteiger partial charge on any atom is -0.618 e. The van der Waals surface area contributed by atoms with Crippen LogP contribution in [-0.4, -0.2) is 51.1 Å². The van der Waals surface area contributed by atoms with Gasteiger partial charge in [-0.1, -0.05) is 40.9 Å². The quantitative estimate of drug-likeness (QED) is 0.0564. The summed E-state index contributed by atoms with van der Waals surface area (Å²) in [6.07, 6.45) is 3.91. The van der Waals surface area contributed by atoms with Crippen LogP contribution in [0.3, 0.4) is 0 Å². The van der Waals surface area contributed by atoms with Crippen molar-refractivity contribution in [2.45, 2.75) is 44.9 Å². The second kappa shape index (κ2) is 22.6. The van der Waals surface area contributed by atoms with Crippen molar-refractivity contribution in [3.8, 4) is 11.8 Å². The molecule has 0 atom stereocenters. The highest BCUT2D eigenvalue weighted by Crippen LogP contribution is 2.26. The minimum absolute atomic E-state index is 0.0245. The first kappa shape index (κ1) is 51.1. The third-order valence-corrected chi connectivity index (χ3v) is 10.2. The van der Waals surface area contributed by atoms with Gasteiger partial charge in [0.2, 0.25) is 11.8 Å². The molecule has 356 valence electrons. The monoisotopic (exact) mass is 985 g/mol. The molecule has 2 amide bonds. The number of aromatic nitrogens is 6. The van der Waals surface area contributed by atoms with Gasteiger partial charge in [0.1, 0.15) is 35.0 Å². The second-order valence-electron chi connectivity index (χ2n) is 14.4. The number of anilines is 2. The van der Waals surface area contributed by atoms with Gasteiger partial charge in [-0.05, 0) is 48.9 Å². The molecule has 0 aliphatic heterocycles. The summed E-state index contributed by atoms with van der Waals surface area (Å²) < 4.78 is 78.4. The molecular formula is C43H38Cl2F5N11O7. The van der Waals surface area contributed by atoms with Gasteiger partial charge < -0.3 is 36.4 Å². The number of halogens is 7. The van der Waals surface area contributed by atoms with Crippen molar-refractivity contribution in [2.24, 2.45) is 0 Å². The third-order valence-electron chi connectivity index (χ3n) is 9.55. The average Bonchev–Trinajstić information content (AvgIpc) is 3.31. The van der Waals surface area contributed by atoms with Crippen molar-refractivity contribution in [3.63, 3.8) is 0 Å². The first-order chi connectivity index (χ1) is 32.2. The Labute approximate surface area is 392 Å². The summed E-state index contributed by atoms with van der Waals surface area (Å²) in [5.74, 6) is -9.47. The number of carbonyl (C=O) groups is 2. The van der Waals surface area contributed by atoms with E-state index in [9.17, 15) is 56.8 Å². The largest absolute Gasteiger partial charge is 0.618 e. The topological polar surface area (TPSA) is 239 Å². The molecule has 18 nitrogen and oxygen atoms in total. The molecule has 4 N–H and O–H groups in total. The zero-order valence-corrected chi connectivity index (χ0v) is 37.1. The zero-order valence-electron chi connectivity index (χ0n) is 35.6. The van der Waals surface area contributed by atoms with Gasteiger partial charge >= 0.3 is 11.8 Å². The lowest BCUT2D eigenvalue weighted by Gasteiger charge is -2.17. The fourth-order valence-corrected chi connectivity index (χ4v) is 6.41. The van der Waals surface area contributed by atoms with E-state index in [0.29, 0.717) is 16.9 Å². The molecule has 0 fully saturated rings. The Morgan fingerprint density at radius 1 is 0.765 bits per heavy atom. The highest BCUT2D eigenvalue weighted by atomic mass is 35.5. The first-order valence-electron chi connectivity index (χ1n) is 19.7. The van der Waals surface area contributed by atoms with Gasteiger partial charge in [-0.2, -0.15) is 32.3 Å². The van der Waals surface area contributed by atoms with Crippen molar-refractivity contribution in [2.75, 3.05) is 30.8 Å². The van der Waals surface area contributed by atoms with Crippen LogP contribution in [0.2, 0.25) is 10.3 Å². The van der Waals surface area contributed by atoms with Gasteiger partial charge in [-0.15, -0.1) is 0 Å². The molecule has 4 aromatic heterocycles. The van der Waals surface area contributed by atoms with Crippen molar-refractivity contribution in [1.29, 1.82) is 5.26 Å². The maximum absolute atomic E-state index is 14.5. The highest BCUT2D eigenvalue weighted by molar-refractivity contribution is 6.29. The summed E-state index contributed by atoms with van der Waals surface area (Å²) in [7, 11) is 1.46. The average molecular weight is 987 g/mol. The molecule has 0 spiro atoms. The predicted octanol–water partition coefficient (Wildman–Crippen LogP) is 4.43. The van der Waals surface area contributed by atoms with Crippen LogP contribution in [0.4, 0.5) is 33.6 Å². The van der Waals surface area contributed by atoms with Gasteiger partial charge in [0.15, 0.2) is 24.0 Å². The molecule has 2 aromatic carbocycles. The smallest absolute Gasteiger partial charge is 0.347 e. The van der Waals surface area contributed by atoms with Crippen LogP contribution in [0.5, 0.6) is 5.75 Å². The molecule has 0 radical (unpaired) electrons. The lowest BCUT2D eigenvalue weighted by atomic mass is 10.1. The number of nitrogens with zero attached hydrogens (tertiary/aromatic N) is 7. The molecule has 6 aromatic rings. The number of nitriles is 1. The third kappa shape index (κ3) is 13.2. The van der Waals surface area contributed by atoms with Gasteiger partial charge in [0.25, 0.3) is 22.5 Å². The van der Waals surface area contributed by atoms with E-state index in [0.717, 1.165) is 51.6 Å². The van der Waals surface area contributed by atoms with Crippen LogP contribution in [0.25, 0.3) is 0 Å². The van der Waals surface area contributed by atoms with Crippen molar-refractivity contribution < 1.29 is 45.7 Å². The standard InChI is InChI=1S/C22H19ClF2N6O4.C21H19ClF3N5O3/c1-35-16-6-5-14(9-26)15(8-16)10-27-19(32)12-30-18(23)11-28-20(21(30)33)29-13-22(24,25)17-4-2-3-7-31(17)34;1-13-5-6-15(23)14(8-13)9-26-18(31)11-29-17(22)10-27-19(20(29)32)28-12-21(24,25)16-4-2-3-7-30(16)33/h2-8,11H,10,12-13H2,1H3,(H,27,32)(H,28,29);2-8,10H,9,11-12H2,1H3,(H,26,31)(H,27,28). The predicted molar refractivity (Wildman–Crippen MR) is 235 cm³/mol. The molecule has 0 unspecified atom stereocenters. The number of ether oxygens (including phenoxy) is 1. The molecule has 25 heteroatoms. The minimum atomic E-state index is -3.62. The number of carbonyl (C=O) groups excluding carboxylic acids is 2. The maximum Gasteiger partial charge on any atom is 0.347 e. The Hall–Kier alpha value is -7.84. The van der Waals surface area contributed by atoms with Crippen molar-refractivity contribution >= 4 is 46.7 Å². The Morgan fingerprint density at radius 3 is 1.71 bits per heavy atom. The fraction of sp³-hybridized carbons (Fsp3) is 0.233. The summed E-state index contributed by atoms with van der Waals surface area (Å²) in [5, 5.41) is 41.6. The number of methoxy groups -OCH3 is 1. The Kier molecular flexibility index (Phi) is 17.0. The van der Waals surface area contributed by atoms with Gasteiger partial charge in [0, 0.05) is 42.9 Å². The van der Waals surface area contributed by atoms with E-state index < -0.39 is 89.8 Å². The molecule has 0 aliphatic carbocycles. The number of hydrogen-bond donors (Lipinski definition) is 4. The molecule has 0 bridgehead atoms. The van der Waals surface area contributed by atoms with Crippen LogP contribution in [0, 0.1) is 34.5 Å². The number of benzene rings is 2. The van der Waals surface area contributed by atoms with E-state index in [-0.39, 0.29) is 38.4 Å². The SMILES string of the molecule is COc1ccc(C#N)c(CNC(=O)Cn2c(Cl)cnc(NCC(F)(F)c3cccc[n+]3[O-])c2=O)c1.Cc1ccc(F)c(CNC(=O)Cn2c(Cl)cnc(NCC(F)(F)c3cccc[n+]3[O-])c2=O)c1. The number of amides is 2. The number of hydrogen-bond acceptors (Lipinski definition) is 12. The molecule has 4 heterocycles. The van der Waals surface area contributed by atoms with Gasteiger partial charge in [0.05, 0.1) is 44.2 Å². The Bertz CT molecular complexity index is 2970. The number of nitrogens with one attached hydrogen (secondary N) is 4. The lowest BCUT2D eigenvalue weighted by Crippen LogP contribution is -2.41. The molecule has 0 aliphatic rings.